The molecule has 0 aliphatic carbocycles. The topological polar surface area (TPSA) is 101 Å². The van der Waals surface area contributed by atoms with E-state index in [2.05, 4.69) is 0 Å². The van der Waals surface area contributed by atoms with E-state index in [0.717, 1.165) is 0 Å². The summed E-state index contributed by atoms with van der Waals surface area (Å²) in [5, 5.41) is 18.4. The SMILES string of the molecule is COc1ccc([S@@](=O)c2ccccc2C(=O)O)c(C(=O)O)c1. The van der Waals surface area contributed by atoms with Crippen LogP contribution in [0, 0.1) is 0 Å². The van der Waals surface area contributed by atoms with Crippen molar-refractivity contribution >= 4 is 22.7 Å². The average molecular weight is 320 g/mol. The first-order chi connectivity index (χ1) is 10.5. The molecule has 0 spiro atoms. The van der Waals surface area contributed by atoms with Gasteiger partial charge in [0.25, 0.3) is 0 Å². The maximum absolute atomic E-state index is 12.6. The number of hydrogen-bond donors (Lipinski definition) is 2. The number of rotatable bonds is 5. The van der Waals surface area contributed by atoms with Gasteiger partial charge in [0, 0.05) is 0 Å². The fourth-order valence-electron chi connectivity index (χ4n) is 1.89. The highest BCUT2D eigenvalue weighted by molar-refractivity contribution is 7.85. The molecule has 0 aliphatic heterocycles. The van der Waals surface area contributed by atoms with Gasteiger partial charge in [0.05, 0.1) is 38.8 Å². The van der Waals surface area contributed by atoms with Gasteiger partial charge in [-0.2, -0.15) is 0 Å². The number of carboxylic acid groups (broad SMARTS) is 2. The lowest BCUT2D eigenvalue weighted by Crippen LogP contribution is -2.09. The fraction of sp³-hybridized carbons (Fsp3) is 0.0667. The minimum atomic E-state index is -1.94. The molecule has 0 aromatic heterocycles. The van der Waals surface area contributed by atoms with Gasteiger partial charge in [-0.1, -0.05) is 12.1 Å². The molecule has 2 rings (SSSR count). The summed E-state index contributed by atoms with van der Waals surface area (Å²) < 4.78 is 17.6. The first-order valence-electron chi connectivity index (χ1n) is 6.11. The Morgan fingerprint density at radius 1 is 0.955 bits per heavy atom. The van der Waals surface area contributed by atoms with Crippen LogP contribution in [0.15, 0.2) is 52.3 Å². The van der Waals surface area contributed by atoms with Crippen molar-refractivity contribution in [3.05, 3.63) is 53.6 Å². The van der Waals surface area contributed by atoms with Gasteiger partial charge in [-0.3, -0.25) is 0 Å². The lowest BCUT2D eigenvalue weighted by Gasteiger charge is -2.10. The zero-order valence-electron chi connectivity index (χ0n) is 11.5. The Labute approximate surface area is 128 Å². The molecule has 2 aromatic rings. The molecule has 0 saturated heterocycles. The molecule has 0 fully saturated rings. The molecule has 0 aliphatic rings. The second-order valence-corrected chi connectivity index (χ2v) is 5.65. The monoisotopic (exact) mass is 320 g/mol. The Morgan fingerprint density at radius 3 is 2.14 bits per heavy atom. The van der Waals surface area contributed by atoms with Gasteiger partial charge < -0.3 is 14.9 Å². The van der Waals surface area contributed by atoms with E-state index in [1.54, 1.807) is 6.07 Å². The molecule has 0 amide bonds. The van der Waals surface area contributed by atoms with Crippen LogP contribution in [0.3, 0.4) is 0 Å². The van der Waals surface area contributed by atoms with Crippen LogP contribution >= 0.6 is 0 Å². The fourth-order valence-corrected chi connectivity index (χ4v) is 3.22. The van der Waals surface area contributed by atoms with Crippen LogP contribution in [0.2, 0.25) is 0 Å². The number of carboxylic acids is 2. The van der Waals surface area contributed by atoms with Crippen molar-refractivity contribution in [2.24, 2.45) is 0 Å². The standard InChI is InChI=1S/C15H12O6S/c1-21-9-6-7-13(11(8-9)15(18)19)22(20)12-5-3-2-4-10(12)14(16)17/h2-8H,1H3,(H,16,17)(H,18,19)/t22-/m0/s1. The average Bonchev–Trinajstić information content (AvgIpc) is 2.53. The van der Waals surface area contributed by atoms with E-state index in [1.807, 2.05) is 0 Å². The van der Waals surface area contributed by atoms with Gasteiger partial charge in [-0.05, 0) is 30.3 Å². The zero-order valence-corrected chi connectivity index (χ0v) is 12.3. The van der Waals surface area contributed by atoms with Crippen LogP contribution in [0.4, 0.5) is 0 Å². The maximum atomic E-state index is 12.6. The predicted molar refractivity (Wildman–Crippen MR) is 78.0 cm³/mol. The smallest absolute Gasteiger partial charge is 0.337 e. The van der Waals surface area contributed by atoms with Crippen LogP contribution in [0.5, 0.6) is 5.75 Å². The third-order valence-electron chi connectivity index (χ3n) is 2.93. The van der Waals surface area contributed by atoms with Crippen molar-refractivity contribution in [1.82, 2.24) is 0 Å². The highest BCUT2D eigenvalue weighted by Gasteiger charge is 2.21. The molecular formula is C15H12O6S. The van der Waals surface area contributed by atoms with Crippen LogP contribution in [-0.2, 0) is 10.8 Å². The molecular weight excluding hydrogens is 308 g/mol. The van der Waals surface area contributed by atoms with Gasteiger partial charge in [0.2, 0.25) is 0 Å². The van der Waals surface area contributed by atoms with Gasteiger partial charge in [0.15, 0.2) is 0 Å². The third-order valence-corrected chi connectivity index (χ3v) is 4.45. The summed E-state index contributed by atoms with van der Waals surface area (Å²) in [6.45, 7) is 0. The Morgan fingerprint density at radius 2 is 1.55 bits per heavy atom. The summed E-state index contributed by atoms with van der Waals surface area (Å²) in [5.74, 6) is -2.19. The summed E-state index contributed by atoms with van der Waals surface area (Å²) >= 11 is 0. The van der Waals surface area contributed by atoms with Gasteiger partial charge in [0.1, 0.15) is 5.75 Å². The van der Waals surface area contributed by atoms with E-state index in [0.29, 0.717) is 5.75 Å². The molecule has 0 unspecified atom stereocenters. The Hall–Kier alpha value is -2.67. The van der Waals surface area contributed by atoms with Crippen LogP contribution in [0.1, 0.15) is 20.7 Å². The van der Waals surface area contributed by atoms with Gasteiger partial charge in [-0.25, -0.2) is 13.8 Å². The van der Waals surface area contributed by atoms with Crippen molar-refractivity contribution in [2.45, 2.75) is 9.79 Å². The van der Waals surface area contributed by atoms with E-state index in [9.17, 15) is 18.9 Å². The first kappa shape index (κ1) is 15.7. The Bertz CT molecular complexity index is 768. The predicted octanol–water partition coefficient (Wildman–Crippen LogP) is 2.26. The van der Waals surface area contributed by atoms with Crippen LogP contribution < -0.4 is 4.74 Å². The van der Waals surface area contributed by atoms with Crippen molar-refractivity contribution in [1.29, 1.82) is 0 Å². The molecule has 1 atom stereocenters. The molecule has 2 aromatic carbocycles. The molecule has 0 bridgehead atoms. The first-order valence-corrected chi connectivity index (χ1v) is 7.26. The van der Waals surface area contributed by atoms with E-state index in [4.69, 9.17) is 9.84 Å². The van der Waals surface area contributed by atoms with E-state index in [-0.39, 0.29) is 20.9 Å². The maximum Gasteiger partial charge on any atom is 0.337 e. The molecule has 22 heavy (non-hydrogen) atoms. The Kier molecular flexibility index (Phi) is 4.57. The van der Waals surface area contributed by atoms with Crippen LogP contribution in [0.25, 0.3) is 0 Å². The van der Waals surface area contributed by atoms with Crippen molar-refractivity contribution < 1.29 is 28.7 Å². The summed E-state index contributed by atoms with van der Waals surface area (Å²) in [4.78, 5) is 22.6. The quantitative estimate of drug-likeness (QED) is 0.876. The Balaban J connectivity index is 2.60. The molecule has 6 nitrogen and oxygen atoms in total. The normalized spacial score (nSPS) is 11.7. The number of aromatic carboxylic acids is 2. The lowest BCUT2D eigenvalue weighted by atomic mass is 10.2. The molecule has 0 heterocycles. The highest BCUT2D eigenvalue weighted by Crippen LogP contribution is 2.26. The second kappa shape index (κ2) is 6.40. The molecule has 0 saturated carbocycles. The summed E-state index contributed by atoms with van der Waals surface area (Å²) in [5.41, 5.74) is -0.328. The second-order valence-electron chi connectivity index (χ2n) is 4.24. The van der Waals surface area contributed by atoms with Crippen molar-refractivity contribution in [3.63, 3.8) is 0 Å². The zero-order chi connectivity index (χ0) is 16.3. The highest BCUT2D eigenvalue weighted by atomic mass is 32.2. The summed E-state index contributed by atoms with van der Waals surface area (Å²) in [6.07, 6.45) is 0. The van der Waals surface area contributed by atoms with E-state index < -0.39 is 22.7 Å². The number of ether oxygens (including phenoxy) is 1. The van der Waals surface area contributed by atoms with Crippen LogP contribution in [-0.4, -0.2) is 33.5 Å². The molecule has 114 valence electrons. The number of hydrogen-bond acceptors (Lipinski definition) is 4. The largest absolute Gasteiger partial charge is 0.497 e. The van der Waals surface area contributed by atoms with Gasteiger partial charge in [-0.15, -0.1) is 0 Å². The number of carbonyl (C=O) groups is 2. The van der Waals surface area contributed by atoms with Crippen molar-refractivity contribution in [2.75, 3.05) is 7.11 Å². The minimum Gasteiger partial charge on any atom is -0.497 e. The molecule has 7 heteroatoms. The molecule has 2 N–H and O–H groups in total. The van der Waals surface area contributed by atoms with E-state index in [1.165, 1.54) is 43.5 Å². The number of methoxy groups -OCH3 is 1. The minimum absolute atomic E-state index is 0.0157. The lowest BCUT2D eigenvalue weighted by molar-refractivity contribution is 0.0683. The summed E-state index contributed by atoms with van der Waals surface area (Å²) in [7, 11) is -0.552. The van der Waals surface area contributed by atoms with Crippen molar-refractivity contribution in [3.8, 4) is 5.75 Å². The number of benzene rings is 2. The van der Waals surface area contributed by atoms with Gasteiger partial charge >= 0.3 is 11.9 Å². The summed E-state index contributed by atoms with van der Waals surface area (Å²) in [6, 6.07) is 9.86. The third kappa shape index (κ3) is 2.99. The molecule has 0 radical (unpaired) electrons. The van der Waals surface area contributed by atoms with E-state index >= 15 is 0 Å².